The third-order valence-corrected chi connectivity index (χ3v) is 8.16. The molecule has 2 rings (SSSR count). The van der Waals surface area contributed by atoms with Crippen LogP contribution in [0.4, 0.5) is 0 Å². The highest BCUT2D eigenvalue weighted by Gasteiger charge is 2.27. The Morgan fingerprint density at radius 2 is 1.07 bits per heavy atom. The van der Waals surface area contributed by atoms with Crippen molar-refractivity contribution in [1.82, 2.24) is 8.61 Å². The molecule has 0 saturated carbocycles. The van der Waals surface area contributed by atoms with Gasteiger partial charge in [0.2, 0.25) is 20.0 Å². The van der Waals surface area contributed by atoms with Crippen LogP contribution in [0.3, 0.4) is 0 Å². The van der Waals surface area contributed by atoms with Gasteiger partial charge in [-0.15, -0.1) is 0 Å². The number of hydrogen-bond acceptors (Lipinski definition) is 6. The van der Waals surface area contributed by atoms with Gasteiger partial charge < -0.3 is 10.2 Å². The van der Waals surface area contributed by atoms with Crippen molar-refractivity contribution in [1.29, 1.82) is 0 Å². The molecule has 2 N–H and O–H groups in total. The average molecular weight is 429 g/mol. The molecule has 10 heteroatoms. The number of likely N-dealkylation sites (N-methyl/N-ethyl adjacent to an activating group) is 2. The van der Waals surface area contributed by atoms with E-state index in [4.69, 9.17) is 0 Å². The first-order valence-corrected chi connectivity index (χ1v) is 11.6. The zero-order valence-electron chi connectivity index (χ0n) is 15.7. The van der Waals surface area contributed by atoms with Crippen LogP contribution in [0.2, 0.25) is 0 Å². The molecule has 0 heterocycles. The molecule has 0 spiro atoms. The lowest BCUT2D eigenvalue weighted by atomic mass is 10.3. The van der Waals surface area contributed by atoms with E-state index in [0.717, 1.165) is 20.7 Å². The van der Waals surface area contributed by atoms with Crippen molar-refractivity contribution < 1.29 is 27.0 Å². The molecule has 2 aromatic carbocycles. The lowest BCUT2D eigenvalue weighted by molar-refractivity contribution is 0.359. The Morgan fingerprint density at radius 3 is 1.36 bits per heavy atom. The van der Waals surface area contributed by atoms with E-state index in [1.54, 1.807) is 13.8 Å². The van der Waals surface area contributed by atoms with E-state index in [9.17, 15) is 27.0 Å². The van der Waals surface area contributed by atoms with Gasteiger partial charge in [-0.2, -0.15) is 8.61 Å². The molecule has 0 aliphatic heterocycles. The third-order valence-electron chi connectivity index (χ3n) is 4.22. The Hall–Kier alpha value is -2.14. The number of sulfonamides is 2. The number of hydrogen-bond donors (Lipinski definition) is 2. The van der Waals surface area contributed by atoms with E-state index >= 15 is 0 Å². The van der Waals surface area contributed by atoms with Crippen molar-refractivity contribution in [3.8, 4) is 11.5 Å². The normalized spacial score (nSPS) is 12.6. The topological polar surface area (TPSA) is 115 Å². The summed E-state index contributed by atoms with van der Waals surface area (Å²) in [4.78, 5) is -0.124. The van der Waals surface area contributed by atoms with Crippen LogP contribution in [-0.2, 0) is 20.0 Å². The molecule has 0 aromatic heterocycles. The molecule has 0 bridgehead atoms. The largest absolute Gasteiger partial charge is 0.508 e. The van der Waals surface area contributed by atoms with Crippen molar-refractivity contribution in [3.63, 3.8) is 0 Å². The van der Waals surface area contributed by atoms with Crippen molar-refractivity contribution in [3.05, 3.63) is 48.5 Å². The molecular formula is C18H24N2O6S2. The van der Waals surface area contributed by atoms with Gasteiger partial charge in [0, 0.05) is 26.2 Å². The number of nitrogens with zero attached hydrogens (tertiary/aromatic N) is 2. The van der Waals surface area contributed by atoms with Crippen LogP contribution in [0.25, 0.3) is 0 Å². The fraction of sp³-hybridized carbons (Fsp3) is 0.333. The Labute approximate surface area is 165 Å². The van der Waals surface area contributed by atoms with E-state index in [1.165, 1.54) is 36.4 Å². The van der Waals surface area contributed by atoms with Gasteiger partial charge in [0.15, 0.2) is 0 Å². The van der Waals surface area contributed by atoms with Gasteiger partial charge in [0.25, 0.3) is 0 Å². The van der Waals surface area contributed by atoms with E-state index < -0.39 is 20.0 Å². The number of benzene rings is 2. The van der Waals surface area contributed by atoms with Crippen molar-refractivity contribution in [2.75, 3.05) is 26.2 Å². The lowest BCUT2D eigenvalue weighted by Gasteiger charge is -2.25. The van der Waals surface area contributed by atoms with Gasteiger partial charge in [-0.25, -0.2) is 16.8 Å². The lowest BCUT2D eigenvalue weighted by Crippen LogP contribution is -2.40. The van der Waals surface area contributed by atoms with Crippen molar-refractivity contribution in [2.45, 2.75) is 23.6 Å². The summed E-state index contributed by atoms with van der Waals surface area (Å²) in [5, 5.41) is 19.1. The quantitative estimate of drug-likeness (QED) is 0.630. The molecule has 0 aliphatic rings. The van der Waals surface area contributed by atoms with Crippen LogP contribution in [0.5, 0.6) is 11.5 Å². The summed E-state index contributed by atoms with van der Waals surface area (Å²) in [5.74, 6) is -0.336. The van der Waals surface area contributed by atoms with Gasteiger partial charge >= 0.3 is 0 Å². The highest BCUT2D eigenvalue weighted by atomic mass is 32.2. The first-order chi connectivity index (χ1) is 13.1. The number of aromatic hydroxyl groups is 2. The van der Waals surface area contributed by atoms with Crippen LogP contribution in [0.15, 0.2) is 58.3 Å². The summed E-state index contributed by atoms with van der Waals surface area (Å²) in [6.45, 7) is 3.48. The summed E-state index contributed by atoms with van der Waals surface area (Å²) < 4.78 is 53.5. The second kappa shape index (κ2) is 8.91. The summed E-state index contributed by atoms with van der Waals surface area (Å²) in [6.07, 6.45) is 0. The predicted octanol–water partition coefficient (Wildman–Crippen LogP) is 1.82. The first-order valence-electron chi connectivity index (χ1n) is 8.71. The van der Waals surface area contributed by atoms with Gasteiger partial charge in [0.1, 0.15) is 11.5 Å². The monoisotopic (exact) mass is 428 g/mol. The smallest absolute Gasteiger partial charge is 0.243 e. The fourth-order valence-electron chi connectivity index (χ4n) is 2.71. The Morgan fingerprint density at radius 1 is 0.714 bits per heavy atom. The van der Waals surface area contributed by atoms with Gasteiger partial charge in [-0.3, -0.25) is 0 Å². The highest BCUT2D eigenvalue weighted by Crippen LogP contribution is 2.22. The molecule has 8 nitrogen and oxygen atoms in total. The Kier molecular flexibility index (Phi) is 7.05. The van der Waals surface area contributed by atoms with Crippen molar-refractivity contribution in [2.24, 2.45) is 0 Å². The molecule has 0 unspecified atom stereocenters. The molecular weight excluding hydrogens is 404 g/mol. The van der Waals surface area contributed by atoms with E-state index in [-0.39, 0.29) is 47.5 Å². The summed E-state index contributed by atoms with van der Waals surface area (Å²) in [7, 11) is -7.77. The van der Waals surface area contributed by atoms with Crippen LogP contribution < -0.4 is 0 Å². The zero-order valence-corrected chi connectivity index (χ0v) is 17.3. The first kappa shape index (κ1) is 22.2. The number of phenols is 2. The van der Waals surface area contributed by atoms with Crippen LogP contribution in [-0.4, -0.2) is 61.8 Å². The maximum Gasteiger partial charge on any atom is 0.243 e. The SMILES string of the molecule is CCN(CCN(CC)S(=O)(=O)c1cccc(O)c1)S(=O)(=O)c1cccc(O)c1. The standard InChI is InChI=1S/C18H24N2O6S2/c1-3-19(27(23,24)17-9-5-7-15(21)13-17)11-12-20(4-2)28(25,26)18-10-6-8-16(22)14-18/h5-10,13-14,21-22H,3-4,11-12H2,1-2H3. The van der Waals surface area contributed by atoms with Crippen LogP contribution in [0, 0.1) is 0 Å². The Balaban J connectivity index is 2.23. The minimum atomic E-state index is -3.88. The second-order valence-electron chi connectivity index (χ2n) is 5.99. The van der Waals surface area contributed by atoms with E-state index in [2.05, 4.69) is 0 Å². The Bertz CT molecular complexity index is 938. The number of rotatable bonds is 9. The van der Waals surface area contributed by atoms with E-state index in [1.807, 2.05) is 0 Å². The maximum atomic E-state index is 12.8. The zero-order chi connectivity index (χ0) is 20.9. The number of phenolic OH excluding ortho intramolecular Hbond substituents is 2. The van der Waals surface area contributed by atoms with Crippen LogP contribution >= 0.6 is 0 Å². The summed E-state index contributed by atoms with van der Waals surface area (Å²) >= 11 is 0. The molecule has 0 saturated heterocycles. The molecule has 154 valence electrons. The molecule has 28 heavy (non-hydrogen) atoms. The van der Waals surface area contributed by atoms with Crippen molar-refractivity contribution >= 4 is 20.0 Å². The highest BCUT2D eigenvalue weighted by molar-refractivity contribution is 7.89. The summed E-state index contributed by atoms with van der Waals surface area (Å²) in [6, 6.07) is 10.7. The summed E-state index contributed by atoms with van der Waals surface area (Å²) in [5.41, 5.74) is 0. The minimum absolute atomic E-state index is 0.0552. The predicted molar refractivity (Wildman–Crippen MR) is 105 cm³/mol. The molecule has 0 atom stereocenters. The third kappa shape index (κ3) is 4.82. The molecule has 0 fully saturated rings. The second-order valence-corrected chi connectivity index (χ2v) is 9.86. The minimum Gasteiger partial charge on any atom is -0.508 e. The van der Waals surface area contributed by atoms with E-state index in [0.29, 0.717) is 0 Å². The van der Waals surface area contributed by atoms with Gasteiger partial charge in [-0.05, 0) is 36.4 Å². The van der Waals surface area contributed by atoms with Gasteiger partial charge in [0.05, 0.1) is 9.79 Å². The molecule has 0 amide bonds. The molecule has 0 radical (unpaired) electrons. The molecule has 0 aliphatic carbocycles. The maximum absolute atomic E-state index is 12.8. The fourth-order valence-corrected chi connectivity index (χ4v) is 5.67. The average Bonchev–Trinajstić information content (AvgIpc) is 2.65. The van der Waals surface area contributed by atoms with Crippen LogP contribution in [0.1, 0.15) is 13.8 Å². The van der Waals surface area contributed by atoms with Gasteiger partial charge in [-0.1, -0.05) is 26.0 Å². The molecule has 2 aromatic rings.